The highest BCUT2D eigenvalue weighted by Gasteiger charge is 2.27. The van der Waals surface area contributed by atoms with Gasteiger partial charge in [0.1, 0.15) is 17.4 Å². The van der Waals surface area contributed by atoms with Gasteiger partial charge in [0.05, 0.1) is 5.56 Å². The summed E-state index contributed by atoms with van der Waals surface area (Å²) in [5.41, 5.74) is 1.96. The largest absolute Gasteiger partial charge is 0.359 e. The average Bonchev–Trinajstić information content (AvgIpc) is 3.15. The van der Waals surface area contributed by atoms with E-state index in [0.717, 1.165) is 19.4 Å². The first-order valence-corrected chi connectivity index (χ1v) is 9.53. The van der Waals surface area contributed by atoms with Crippen LogP contribution >= 0.6 is 11.3 Å². The van der Waals surface area contributed by atoms with Crippen LogP contribution in [-0.4, -0.2) is 50.5 Å². The molecule has 1 saturated heterocycles. The molecular formula is C17H22N6O2S. The third-order valence-corrected chi connectivity index (χ3v) is 5.03. The van der Waals surface area contributed by atoms with Crippen LogP contribution in [0.2, 0.25) is 0 Å². The smallest absolute Gasteiger partial charge is 0.259 e. The molecule has 3 heterocycles. The van der Waals surface area contributed by atoms with Gasteiger partial charge in [-0.1, -0.05) is 11.3 Å². The van der Waals surface area contributed by atoms with Crippen LogP contribution in [0.3, 0.4) is 0 Å². The number of hydrogen-bond donors (Lipinski definition) is 2. The van der Waals surface area contributed by atoms with Crippen molar-refractivity contribution in [2.45, 2.75) is 45.2 Å². The number of likely N-dealkylation sites (tertiary alicyclic amines) is 1. The standard InChI is InChI=1S/C17H22N6O2S/c1-11-5-3-4-8-23(11)16(25)12(2)20-14-7-6-13(9-18-14)15(24)21-17-22-19-10-26-17/h6-7,9-12H,3-5,8H2,1-2H3,(H,18,20)(H,21,22,24). The summed E-state index contributed by atoms with van der Waals surface area (Å²) in [4.78, 5) is 30.9. The molecule has 3 rings (SSSR count). The lowest BCUT2D eigenvalue weighted by molar-refractivity contribution is -0.134. The zero-order valence-electron chi connectivity index (χ0n) is 14.8. The summed E-state index contributed by atoms with van der Waals surface area (Å²) in [6, 6.07) is 3.26. The summed E-state index contributed by atoms with van der Waals surface area (Å²) in [7, 11) is 0. The molecule has 0 radical (unpaired) electrons. The Bertz CT molecular complexity index is 749. The fourth-order valence-electron chi connectivity index (χ4n) is 2.97. The van der Waals surface area contributed by atoms with Gasteiger partial charge in [0, 0.05) is 18.8 Å². The summed E-state index contributed by atoms with van der Waals surface area (Å²) < 4.78 is 0. The third kappa shape index (κ3) is 4.34. The van der Waals surface area contributed by atoms with Gasteiger partial charge in [0.25, 0.3) is 5.91 Å². The number of rotatable bonds is 5. The molecule has 0 spiro atoms. The number of pyridine rings is 1. The van der Waals surface area contributed by atoms with Gasteiger partial charge in [0.2, 0.25) is 11.0 Å². The van der Waals surface area contributed by atoms with Crippen molar-refractivity contribution >= 4 is 34.1 Å². The summed E-state index contributed by atoms with van der Waals surface area (Å²) in [6.45, 7) is 4.74. The van der Waals surface area contributed by atoms with Crippen molar-refractivity contribution in [3.05, 3.63) is 29.4 Å². The monoisotopic (exact) mass is 374 g/mol. The number of aromatic nitrogens is 3. The number of nitrogens with one attached hydrogen (secondary N) is 2. The zero-order chi connectivity index (χ0) is 18.5. The van der Waals surface area contributed by atoms with Crippen LogP contribution in [0.15, 0.2) is 23.8 Å². The Labute approximate surface area is 156 Å². The Kier molecular flexibility index (Phi) is 5.77. The summed E-state index contributed by atoms with van der Waals surface area (Å²) in [5.74, 6) is 0.340. The van der Waals surface area contributed by atoms with E-state index in [0.29, 0.717) is 16.5 Å². The number of piperidine rings is 1. The van der Waals surface area contributed by atoms with Gasteiger partial charge >= 0.3 is 0 Å². The topological polar surface area (TPSA) is 100 Å². The second-order valence-corrected chi connectivity index (χ2v) is 7.21. The van der Waals surface area contributed by atoms with E-state index in [9.17, 15) is 9.59 Å². The molecule has 0 aliphatic carbocycles. The summed E-state index contributed by atoms with van der Waals surface area (Å²) in [5, 5.41) is 13.6. The molecule has 2 aromatic heterocycles. The maximum Gasteiger partial charge on any atom is 0.259 e. The van der Waals surface area contributed by atoms with Gasteiger partial charge in [0.15, 0.2) is 0 Å². The normalized spacial score (nSPS) is 18.2. The SMILES string of the molecule is CC(Nc1ccc(C(=O)Nc2nncs2)cn1)C(=O)N1CCCCC1C. The predicted molar refractivity (Wildman–Crippen MR) is 100 cm³/mol. The Hall–Kier alpha value is -2.55. The second kappa shape index (κ2) is 8.22. The van der Waals surface area contributed by atoms with Crippen molar-refractivity contribution in [3.63, 3.8) is 0 Å². The maximum atomic E-state index is 12.6. The molecule has 9 heteroatoms. The Balaban J connectivity index is 1.58. The highest BCUT2D eigenvalue weighted by atomic mass is 32.1. The average molecular weight is 374 g/mol. The van der Waals surface area contributed by atoms with Crippen molar-refractivity contribution in [2.24, 2.45) is 0 Å². The molecule has 1 fully saturated rings. The highest BCUT2D eigenvalue weighted by Crippen LogP contribution is 2.18. The van der Waals surface area contributed by atoms with E-state index in [2.05, 4.69) is 32.7 Å². The lowest BCUT2D eigenvalue weighted by Gasteiger charge is -2.35. The Morgan fingerprint density at radius 2 is 2.19 bits per heavy atom. The molecule has 1 aliphatic rings. The number of anilines is 2. The number of carbonyl (C=O) groups excluding carboxylic acids is 2. The van der Waals surface area contributed by atoms with E-state index in [1.165, 1.54) is 24.0 Å². The van der Waals surface area contributed by atoms with Gasteiger partial charge in [-0.05, 0) is 45.2 Å². The van der Waals surface area contributed by atoms with E-state index < -0.39 is 0 Å². The lowest BCUT2D eigenvalue weighted by atomic mass is 10.0. The van der Waals surface area contributed by atoms with E-state index >= 15 is 0 Å². The molecule has 0 aromatic carbocycles. The number of hydrogen-bond acceptors (Lipinski definition) is 7. The van der Waals surface area contributed by atoms with Crippen molar-refractivity contribution in [1.82, 2.24) is 20.1 Å². The van der Waals surface area contributed by atoms with E-state index in [1.54, 1.807) is 17.6 Å². The van der Waals surface area contributed by atoms with Crippen LogP contribution in [0.4, 0.5) is 10.9 Å². The van der Waals surface area contributed by atoms with E-state index in [-0.39, 0.29) is 23.9 Å². The van der Waals surface area contributed by atoms with Crippen LogP contribution in [0, 0.1) is 0 Å². The molecule has 2 atom stereocenters. The van der Waals surface area contributed by atoms with E-state index in [1.807, 2.05) is 11.8 Å². The van der Waals surface area contributed by atoms with Gasteiger partial charge in [-0.25, -0.2) is 4.98 Å². The first-order valence-electron chi connectivity index (χ1n) is 8.65. The molecule has 26 heavy (non-hydrogen) atoms. The van der Waals surface area contributed by atoms with Gasteiger partial charge in [-0.3, -0.25) is 14.9 Å². The van der Waals surface area contributed by atoms with Crippen LogP contribution in [-0.2, 0) is 4.79 Å². The molecule has 0 bridgehead atoms. The van der Waals surface area contributed by atoms with Crippen molar-refractivity contribution in [3.8, 4) is 0 Å². The minimum absolute atomic E-state index is 0.0806. The van der Waals surface area contributed by atoms with Crippen LogP contribution in [0.5, 0.6) is 0 Å². The van der Waals surface area contributed by atoms with Gasteiger partial charge in [-0.2, -0.15) is 0 Å². The summed E-state index contributed by atoms with van der Waals surface area (Å²) >= 11 is 1.25. The fourth-order valence-corrected chi connectivity index (χ4v) is 3.41. The molecule has 2 amide bonds. The molecule has 2 unspecified atom stereocenters. The lowest BCUT2D eigenvalue weighted by Crippen LogP contribution is -2.48. The minimum Gasteiger partial charge on any atom is -0.359 e. The van der Waals surface area contributed by atoms with Crippen molar-refractivity contribution in [2.75, 3.05) is 17.2 Å². The van der Waals surface area contributed by atoms with Crippen LogP contribution < -0.4 is 10.6 Å². The van der Waals surface area contributed by atoms with Crippen molar-refractivity contribution in [1.29, 1.82) is 0 Å². The summed E-state index contributed by atoms with van der Waals surface area (Å²) in [6.07, 6.45) is 4.75. The number of carbonyl (C=O) groups is 2. The van der Waals surface area contributed by atoms with Crippen molar-refractivity contribution < 1.29 is 9.59 Å². The molecular weight excluding hydrogens is 352 g/mol. The maximum absolute atomic E-state index is 12.6. The molecule has 138 valence electrons. The minimum atomic E-state index is -0.371. The second-order valence-electron chi connectivity index (χ2n) is 6.37. The molecule has 2 N–H and O–H groups in total. The number of nitrogens with zero attached hydrogens (tertiary/aromatic N) is 4. The quantitative estimate of drug-likeness (QED) is 0.833. The molecule has 2 aromatic rings. The highest BCUT2D eigenvalue weighted by molar-refractivity contribution is 7.13. The molecule has 1 aliphatic heterocycles. The van der Waals surface area contributed by atoms with Gasteiger partial charge in [-0.15, -0.1) is 10.2 Å². The van der Waals surface area contributed by atoms with Crippen LogP contribution in [0.1, 0.15) is 43.5 Å². The van der Waals surface area contributed by atoms with Gasteiger partial charge < -0.3 is 10.2 Å². The zero-order valence-corrected chi connectivity index (χ0v) is 15.6. The fraction of sp³-hybridized carbons (Fsp3) is 0.471. The number of amides is 2. The third-order valence-electron chi connectivity index (χ3n) is 4.43. The first-order chi connectivity index (χ1) is 12.5. The Morgan fingerprint density at radius 3 is 2.85 bits per heavy atom. The molecule has 0 saturated carbocycles. The van der Waals surface area contributed by atoms with E-state index in [4.69, 9.17) is 0 Å². The molecule has 8 nitrogen and oxygen atoms in total. The van der Waals surface area contributed by atoms with Crippen LogP contribution in [0.25, 0.3) is 0 Å². The predicted octanol–water partition coefficient (Wildman–Crippen LogP) is 2.39. The first kappa shape index (κ1) is 18.2. The Morgan fingerprint density at radius 1 is 1.35 bits per heavy atom.